The molecule has 2 amide bonds. The smallest absolute Gasteiger partial charge is 0.246 e. The molecule has 0 aliphatic carbocycles. The number of rotatable bonds is 8. The number of aliphatic imine (C=N–C) groups is 1. The molecule has 3 aromatic rings. The number of carbonyl (C=O) groups excluding carboxylic acids is 2. The van der Waals surface area contributed by atoms with Gasteiger partial charge >= 0.3 is 0 Å². The number of amides is 2. The lowest BCUT2D eigenvalue weighted by atomic mass is 10.0. The molecule has 226 valence electrons. The second-order valence-corrected chi connectivity index (χ2v) is 11.6. The Labute approximate surface area is 250 Å². The monoisotopic (exact) mass is 610 g/mol. The molecule has 4 rings (SSSR count). The highest BCUT2D eigenvalue weighted by Gasteiger charge is 2.32. The van der Waals surface area contributed by atoms with Crippen LogP contribution >= 0.6 is 0 Å². The Morgan fingerprint density at radius 1 is 1.26 bits per heavy atom. The van der Waals surface area contributed by atoms with Crippen molar-refractivity contribution in [2.24, 2.45) is 4.99 Å². The number of halogens is 2. The Morgan fingerprint density at radius 2 is 2.00 bits per heavy atom. The molecule has 0 saturated carbocycles. The first-order valence-corrected chi connectivity index (χ1v) is 15.0. The van der Waals surface area contributed by atoms with Crippen LogP contribution in [0.5, 0.6) is 5.75 Å². The summed E-state index contributed by atoms with van der Waals surface area (Å²) in [4.78, 5) is 41.6. The van der Waals surface area contributed by atoms with Crippen molar-refractivity contribution in [3.8, 4) is 17.0 Å². The Kier molecular flexibility index (Phi) is 9.64. The van der Waals surface area contributed by atoms with Crippen LogP contribution in [0.4, 0.5) is 20.3 Å². The fraction of sp³-hybridized carbons (Fsp3) is 0.300. The summed E-state index contributed by atoms with van der Waals surface area (Å²) >= 11 is 0. The SMILES string of the molecule is C=CC(=O)N1CCN(C(=Nc2c(S(C)=O)ccnc2C(C)C)c2cc(F)c(-c3c(O)cccc3F)nc2NC=O)C(C)C1. The van der Waals surface area contributed by atoms with E-state index in [4.69, 9.17) is 4.99 Å². The number of hydrogen-bond donors (Lipinski definition) is 2. The van der Waals surface area contributed by atoms with E-state index in [2.05, 4.69) is 21.9 Å². The minimum atomic E-state index is -1.47. The van der Waals surface area contributed by atoms with Crippen molar-refractivity contribution in [3.63, 3.8) is 0 Å². The number of aromatic nitrogens is 2. The quantitative estimate of drug-likeness (QED) is 0.168. The molecule has 2 atom stereocenters. The molecule has 1 aliphatic heterocycles. The third kappa shape index (κ3) is 6.46. The molecular formula is C30H32F2N6O4S. The van der Waals surface area contributed by atoms with Crippen LogP contribution in [0.25, 0.3) is 11.3 Å². The van der Waals surface area contributed by atoms with Crippen LogP contribution in [0.3, 0.4) is 0 Å². The topological polar surface area (TPSA) is 128 Å². The number of hydrogen-bond acceptors (Lipinski definition) is 7. The summed E-state index contributed by atoms with van der Waals surface area (Å²) in [5, 5.41) is 12.8. The lowest BCUT2D eigenvalue weighted by Crippen LogP contribution is -2.55. The number of carbonyl (C=O) groups is 2. The number of nitrogens with one attached hydrogen (secondary N) is 1. The Bertz CT molecular complexity index is 1610. The van der Waals surface area contributed by atoms with Gasteiger partial charge in [-0.25, -0.2) is 18.8 Å². The summed E-state index contributed by atoms with van der Waals surface area (Å²) in [6, 6.07) is 5.81. The van der Waals surface area contributed by atoms with Gasteiger partial charge in [0.15, 0.2) is 5.82 Å². The molecule has 0 spiro atoms. The van der Waals surface area contributed by atoms with Gasteiger partial charge in [0.05, 0.1) is 32.5 Å². The summed E-state index contributed by atoms with van der Waals surface area (Å²) in [5.74, 6) is -2.78. The maximum Gasteiger partial charge on any atom is 0.246 e. The molecule has 1 aliphatic rings. The molecule has 1 saturated heterocycles. The number of benzene rings is 1. The molecule has 10 nitrogen and oxygen atoms in total. The van der Waals surface area contributed by atoms with E-state index >= 15 is 4.39 Å². The highest BCUT2D eigenvalue weighted by molar-refractivity contribution is 7.84. The molecule has 2 unspecified atom stereocenters. The molecule has 3 heterocycles. The Morgan fingerprint density at radius 3 is 2.60 bits per heavy atom. The van der Waals surface area contributed by atoms with E-state index in [1.807, 2.05) is 25.7 Å². The van der Waals surface area contributed by atoms with Crippen molar-refractivity contribution in [2.75, 3.05) is 31.2 Å². The third-order valence-electron chi connectivity index (χ3n) is 7.02. The first kappa shape index (κ1) is 31.4. The zero-order chi connectivity index (χ0) is 31.4. The Balaban J connectivity index is 2.01. The van der Waals surface area contributed by atoms with Crippen LogP contribution in [0.2, 0.25) is 0 Å². The second-order valence-electron chi connectivity index (χ2n) is 10.2. The predicted molar refractivity (Wildman–Crippen MR) is 161 cm³/mol. The second kappa shape index (κ2) is 13.2. The van der Waals surface area contributed by atoms with E-state index in [1.165, 1.54) is 24.5 Å². The molecular weight excluding hydrogens is 578 g/mol. The maximum atomic E-state index is 15.9. The number of anilines is 1. The molecule has 43 heavy (non-hydrogen) atoms. The average molecular weight is 611 g/mol. The van der Waals surface area contributed by atoms with Crippen molar-refractivity contribution < 1.29 is 27.7 Å². The van der Waals surface area contributed by atoms with Crippen LogP contribution in [-0.4, -0.2) is 79.2 Å². The van der Waals surface area contributed by atoms with Crippen molar-refractivity contribution >= 4 is 40.5 Å². The molecule has 13 heteroatoms. The van der Waals surface area contributed by atoms with E-state index in [1.54, 1.807) is 17.2 Å². The van der Waals surface area contributed by atoms with Gasteiger partial charge in [0, 0.05) is 38.1 Å². The number of nitrogens with zero attached hydrogens (tertiary/aromatic N) is 5. The molecule has 0 radical (unpaired) electrons. The lowest BCUT2D eigenvalue weighted by molar-refractivity contribution is -0.128. The van der Waals surface area contributed by atoms with Crippen LogP contribution in [0.15, 0.2) is 59.1 Å². The van der Waals surface area contributed by atoms with E-state index in [9.17, 15) is 23.3 Å². The van der Waals surface area contributed by atoms with Crippen molar-refractivity contribution in [1.29, 1.82) is 0 Å². The summed E-state index contributed by atoms with van der Waals surface area (Å²) in [6.07, 6.45) is 4.62. The van der Waals surface area contributed by atoms with Crippen molar-refractivity contribution in [1.82, 2.24) is 19.8 Å². The summed E-state index contributed by atoms with van der Waals surface area (Å²) in [7, 11) is -1.47. The van der Waals surface area contributed by atoms with Crippen molar-refractivity contribution in [3.05, 3.63) is 72.1 Å². The highest BCUT2D eigenvalue weighted by atomic mass is 32.2. The van der Waals surface area contributed by atoms with Crippen LogP contribution in [-0.2, 0) is 20.4 Å². The van der Waals surface area contributed by atoms with Gasteiger partial charge in [-0.3, -0.25) is 18.8 Å². The Hall–Kier alpha value is -4.52. The summed E-state index contributed by atoms with van der Waals surface area (Å²) in [5.41, 5.74) is -0.0760. The van der Waals surface area contributed by atoms with Crippen LogP contribution < -0.4 is 5.32 Å². The molecule has 2 N–H and O–H groups in total. The van der Waals surface area contributed by atoms with E-state index < -0.39 is 39.4 Å². The average Bonchev–Trinajstić information content (AvgIpc) is 2.96. The summed E-state index contributed by atoms with van der Waals surface area (Å²) in [6.45, 7) is 10.1. The van der Waals surface area contributed by atoms with Gasteiger partial charge in [-0.1, -0.05) is 26.5 Å². The van der Waals surface area contributed by atoms with Crippen molar-refractivity contribution in [2.45, 2.75) is 37.6 Å². The van der Waals surface area contributed by atoms with Gasteiger partial charge in [0.1, 0.15) is 34.6 Å². The number of phenols is 1. The standard InChI is InChI=1S/C30H32F2N6O4S/c1-6-24(41)37-12-13-38(18(4)15-37)30(36-28-23(43(5)42)10-11-33-26(28)17(2)3)19-14-21(32)27(35-29(19)34-16-39)25-20(31)8-7-9-22(25)40/h6-11,14,16-18,40H,1,12-13,15H2,2-5H3,(H,34,35,39). The minimum Gasteiger partial charge on any atom is -0.507 e. The largest absolute Gasteiger partial charge is 0.507 e. The van der Waals surface area contributed by atoms with Crippen LogP contribution in [0.1, 0.15) is 37.9 Å². The zero-order valence-electron chi connectivity index (χ0n) is 24.2. The van der Waals surface area contributed by atoms with Gasteiger partial charge in [0.25, 0.3) is 0 Å². The van der Waals surface area contributed by atoms with E-state index in [0.29, 0.717) is 29.2 Å². The summed E-state index contributed by atoms with van der Waals surface area (Å²) < 4.78 is 43.4. The number of amidine groups is 1. The maximum absolute atomic E-state index is 15.9. The zero-order valence-corrected chi connectivity index (χ0v) is 25.0. The number of piperazine rings is 1. The lowest BCUT2D eigenvalue weighted by Gasteiger charge is -2.41. The predicted octanol–water partition coefficient (Wildman–Crippen LogP) is 4.35. The minimum absolute atomic E-state index is 0.0471. The molecule has 2 aromatic heterocycles. The molecule has 0 bridgehead atoms. The third-order valence-corrected chi connectivity index (χ3v) is 7.97. The fourth-order valence-corrected chi connectivity index (χ4v) is 5.63. The van der Waals surface area contributed by atoms with E-state index in [0.717, 1.165) is 12.1 Å². The van der Waals surface area contributed by atoms with Gasteiger partial charge in [-0.2, -0.15) is 0 Å². The highest BCUT2D eigenvalue weighted by Crippen LogP contribution is 2.36. The van der Waals surface area contributed by atoms with Crippen LogP contribution in [0, 0.1) is 11.6 Å². The number of aromatic hydroxyl groups is 1. The molecule has 1 aromatic carbocycles. The first-order valence-electron chi connectivity index (χ1n) is 13.5. The van der Waals surface area contributed by atoms with Gasteiger partial charge < -0.3 is 20.2 Å². The van der Waals surface area contributed by atoms with Gasteiger partial charge in [-0.15, -0.1) is 0 Å². The van der Waals surface area contributed by atoms with Gasteiger partial charge in [0.2, 0.25) is 12.3 Å². The fourth-order valence-electron chi connectivity index (χ4n) is 4.95. The van der Waals surface area contributed by atoms with Gasteiger partial charge in [-0.05, 0) is 43.2 Å². The molecule has 1 fully saturated rings. The number of pyridine rings is 2. The normalized spacial score (nSPS) is 16.3. The first-order chi connectivity index (χ1) is 20.5. The number of phenolic OH excluding ortho intramolecular Hbond substituents is 1. The van der Waals surface area contributed by atoms with E-state index in [-0.39, 0.29) is 48.2 Å².